The molecule has 1 aromatic heterocycles. The molecule has 0 bridgehead atoms. The zero-order chi connectivity index (χ0) is 17.6. The number of thiol groups is 1. The highest BCUT2D eigenvalue weighted by Crippen LogP contribution is 2.43. The van der Waals surface area contributed by atoms with Gasteiger partial charge in [-0.3, -0.25) is 0 Å². The molecule has 126 valence electrons. The van der Waals surface area contributed by atoms with E-state index in [-0.39, 0.29) is 0 Å². The highest BCUT2D eigenvalue weighted by atomic mass is 35.5. The average molecular weight is 380 g/mol. The van der Waals surface area contributed by atoms with Gasteiger partial charge < -0.3 is 0 Å². The Morgan fingerprint density at radius 3 is 2.26 bits per heavy atom. The third-order valence-electron chi connectivity index (χ3n) is 2.76. The summed E-state index contributed by atoms with van der Waals surface area (Å²) in [5.41, 5.74) is -2.33. The molecule has 23 heavy (non-hydrogen) atoms. The van der Waals surface area contributed by atoms with Crippen molar-refractivity contribution in [3.8, 4) is 11.3 Å². The second kappa shape index (κ2) is 5.86. The predicted molar refractivity (Wildman–Crippen MR) is 69.5 cm³/mol. The summed E-state index contributed by atoms with van der Waals surface area (Å²) < 4.78 is 89.7. The van der Waals surface area contributed by atoms with Crippen molar-refractivity contribution in [3.63, 3.8) is 0 Å². The Kier molecular flexibility index (Phi) is 4.55. The lowest BCUT2D eigenvalue weighted by atomic mass is 10.0. The Morgan fingerprint density at radius 2 is 1.74 bits per heavy atom. The summed E-state index contributed by atoms with van der Waals surface area (Å²) in [6.45, 7) is 0. The highest BCUT2D eigenvalue weighted by molar-refractivity contribution is 7.80. The molecule has 0 saturated carbocycles. The van der Waals surface area contributed by atoms with Gasteiger partial charge in [0.2, 0.25) is 0 Å². The fraction of sp³-hybridized carbons (Fsp3) is 0.273. The summed E-state index contributed by atoms with van der Waals surface area (Å²) in [5.74, 6) is -1.26. The number of aromatic nitrogens is 3. The maximum Gasteiger partial charge on any atom is 0.506 e. The van der Waals surface area contributed by atoms with Crippen LogP contribution in [0, 0.1) is 5.82 Å². The number of rotatable bonds is 2. The second-order valence-corrected chi connectivity index (χ2v) is 5.22. The van der Waals surface area contributed by atoms with Crippen molar-refractivity contribution in [3.05, 3.63) is 34.7 Å². The molecule has 0 aliphatic heterocycles. The number of hydrogen-bond acceptors (Lipinski definition) is 3. The Bertz CT molecular complexity index is 725. The molecule has 1 aromatic carbocycles. The minimum Gasteiger partial charge on any atom is -0.206 e. The first-order valence-corrected chi connectivity index (χ1v) is 6.54. The molecule has 0 spiro atoms. The smallest absolute Gasteiger partial charge is 0.206 e. The van der Waals surface area contributed by atoms with Crippen molar-refractivity contribution < 1.29 is 30.7 Å². The van der Waals surface area contributed by atoms with E-state index in [4.69, 9.17) is 11.6 Å². The van der Waals surface area contributed by atoms with Crippen molar-refractivity contribution in [2.24, 2.45) is 0 Å². The van der Waals surface area contributed by atoms with E-state index in [0.29, 0.717) is 18.3 Å². The molecule has 1 heterocycles. The van der Waals surface area contributed by atoms with Crippen LogP contribution >= 0.6 is 24.2 Å². The van der Waals surface area contributed by atoms with E-state index in [0.717, 1.165) is 0 Å². The molecule has 0 saturated heterocycles. The maximum absolute atomic E-state index is 13.9. The first-order chi connectivity index (χ1) is 10.4. The molecule has 0 N–H and O–H groups in total. The quantitative estimate of drug-likeness (QED) is 0.603. The first kappa shape index (κ1) is 17.9. The van der Waals surface area contributed by atoms with Crippen LogP contribution < -0.4 is 0 Å². The average Bonchev–Trinajstić information content (AvgIpc) is 2.86. The molecule has 12 heteroatoms. The Balaban J connectivity index is 2.64. The van der Waals surface area contributed by atoms with E-state index in [2.05, 4.69) is 22.9 Å². The van der Waals surface area contributed by atoms with E-state index in [9.17, 15) is 30.7 Å². The van der Waals surface area contributed by atoms with Crippen molar-refractivity contribution in [2.45, 2.75) is 17.7 Å². The van der Waals surface area contributed by atoms with Gasteiger partial charge in [-0.2, -0.15) is 30.5 Å². The monoisotopic (exact) mass is 379 g/mol. The SMILES string of the molecule is Fc1cc(Cl)c(C(S)C(F)(F)F)cc1-c1cnnn1C(F)(F)F. The molecule has 0 fully saturated rings. The van der Waals surface area contributed by atoms with Crippen LogP contribution in [0.4, 0.5) is 30.7 Å². The van der Waals surface area contributed by atoms with Gasteiger partial charge in [0.05, 0.1) is 6.20 Å². The lowest BCUT2D eigenvalue weighted by molar-refractivity contribution is -0.211. The zero-order valence-corrected chi connectivity index (χ0v) is 12.3. The minimum absolute atomic E-state index is 0.481. The van der Waals surface area contributed by atoms with Crippen LogP contribution in [0.15, 0.2) is 18.3 Å². The lowest BCUT2D eigenvalue weighted by Gasteiger charge is -2.18. The number of halogens is 8. The Morgan fingerprint density at radius 1 is 1.13 bits per heavy atom. The molecule has 0 amide bonds. The van der Waals surface area contributed by atoms with Crippen LogP contribution in [0.1, 0.15) is 10.8 Å². The van der Waals surface area contributed by atoms with E-state index >= 15 is 0 Å². The van der Waals surface area contributed by atoms with E-state index in [1.54, 1.807) is 0 Å². The Hall–Kier alpha value is -1.49. The van der Waals surface area contributed by atoms with E-state index < -0.39 is 50.1 Å². The number of nitrogens with zero attached hydrogens (tertiary/aromatic N) is 3. The summed E-state index contributed by atoms with van der Waals surface area (Å²) in [4.78, 5) is 0. The molecule has 3 nitrogen and oxygen atoms in total. The minimum atomic E-state index is -5.03. The predicted octanol–water partition coefficient (Wildman–Crippen LogP) is 4.75. The third kappa shape index (κ3) is 3.55. The summed E-state index contributed by atoms with van der Waals surface area (Å²) in [7, 11) is 0. The molecular formula is C11H5ClF7N3S. The van der Waals surface area contributed by atoms with Gasteiger partial charge in [0.1, 0.15) is 16.8 Å². The van der Waals surface area contributed by atoms with Crippen LogP contribution in [0.3, 0.4) is 0 Å². The van der Waals surface area contributed by atoms with Gasteiger partial charge in [-0.1, -0.05) is 16.8 Å². The normalized spacial score (nSPS) is 14.1. The standard InChI is InChI=1S/C11H5ClF7N3S/c12-6-2-7(13)5(1-4(6)9(23)10(14,15)16)8-3-20-21-22(8)11(17,18)19/h1-3,9,23H. The largest absolute Gasteiger partial charge is 0.506 e. The van der Waals surface area contributed by atoms with Gasteiger partial charge in [-0.25, -0.2) is 4.39 Å². The van der Waals surface area contributed by atoms with Crippen LogP contribution in [0.25, 0.3) is 11.3 Å². The third-order valence-corrected chi connectivity index (χ3v) is 3.65. The molecule has 0 aliphatic rings. The van der Waals surface area contributed by atoms with Gasteiger partial charge in [0, 0.05) is 10.6 Å². The summed E-state index contributed by atoms with van der Waals surface area (Å²) in [6, 6.07) is 1.03. The fourth-order valence-electron chi connectivity index (χ4n) is 1.75. The van der Waals surface area contributed by atoms with Crippen LogP contribution in [-0.4, -0.2) is 21.2 Å². The van der Waals surface area contributed by atoms with E-state index in [1.165, 1.54) is 0 Å². The van der Waals surface area contributed by atoms with Crippen LogP contribution in [-0.2, 0) is 6.30 Å². The topological polar surface area (TPSA) is 30.7 Å². The van der Waals surface area contributed by atoms with E-state index in [1.807, 2.05) is 0 Å². The van der Waals surface area contributed by atoms with Crippen molar-refractivity contribution in [2.75, 3.05) is 0 Å². The number of alkyl halides is 6. The van der Waals surface area contributed by atoms with Crippen LogP contribution in [0.5, 0.6) is 0 Å². The lowest BCUT2D eigenvalue weighted by Crippen LogP contribution is -2.20. The number of hydrogen-bond donors (Lipinski definition) is 1. The second-order valence-electron chi connectivity index (χ2n) is 4.30. The summed E-state index contributed by atoms with van der Waals surface area (Å²) in [6.07, 6.45) is -9.28. The highest BCUT2D eigenvalue weighted by Gasteiger charge is 2.40. The Labute approximate surface area is 134 Å². The van der Waals surface area contributed by atoms with Crippen molar-refractivity contribution >= 4 is 24.2 Å². The van der Waals surface area contributed by atoms with Gasteiger partial charge >= 0.3 is 12.5 Å². The maximum atomic E-state index is 13.9. The number of benzene rings is 1. The van der Waals surface area contributed by atoms with Crippen LogP contribution in [0.2, 0.25) is 5.02 Å². The zero-order valence-electron chi connectivity index (χ0n) is 10.6. The fourth-order valence-corrected chi connectivity index (χ4v) is 2.30. The molecule has 1 atom stereocenters. The van der Waals surface area contributed by atoms with Crippen molar-refractivity contribution in [1.29, 1.82) is 0 Å². The molecule has 1 unspecified atom stereocenters. The van der Waals surface area contributed by atoms with Gasteiger partial charge in [0.15, 0.2) is 0 Å². The van der Waals surface area contributed by atoms with Gasteiger partial charge in [0.25, 0.3) is 0 Å². The summed E-state index contributed by atoms with van der Waals surface area (Å²) in [5, 5.41) is 2.74. The molecule has 0 aliphatic carbocycles. The summed E-state index contributed by atoms with van der Waals surface area (Å²) >= 11 is 8.88. The first-order valence-electron chi connectivity index (χ1n) is 5.65. The van der Waals surface area contributed by atoms with Gasteiger partial charge in [-0.15, -0.1) is 18.3 Å². The molecular weight excluding hydrogens is 375 g/mol. The van der Waals surface area contributed by atoms with Gasteiger partial charge in [-0.05, 0) is 17.7 Å². The van der Waals surface area contributed by atoms with Crippen molar-refractivity contribution in [1.82, 2.24) is 15.0 Å². The molecule has 2 rings (SSSR count). The molecule has 2 aromatic rings. The molecule has 0 radical (unpaired) electrons.